The van der Waals surface area contributed by atoms with E-state index in [2.05, 4.69) is 33.0 Å². The number of hydrogen-bond donors (Lipinski definition) is 2. The first kappa shape index (κ1) is 13.8. The van der Waals surface area contributed by atoms with Crippen LogP contribution in [0.3, 0.4) is 0 Å². The number of nitrogens with two attached hydrogens (primary N) is 1. The van der Waals surface area contributed by atoms with Crippen LogP contribution in [0.15, 0.2) is 50.1 Å². The molecule has 0 aliphatic heterocycles. The molecule has 3 rings (SSSR count). The second-order valence-electron chi connectivity index (χ2n) is 4.91. The van der Waals surface area contributed by atoms with Gasteiger partial charge in [0, 0.05) is 24.1 Å². The van der Waals surface area contributed by atoms with Crippen molar-refractivity contribution < 1.29 is 4.42 Å². The van der Waals surface area contributed by atoms with Gasteiger partial charge in [-0.05, 0) is 23.8 Å². The number of aromatic nitrogens is 1. The molecule has 21 heavy (non-hydrogen) atoms. The molecule has 5 nitrogen and oxygen atoms in total. The lowest BCUT2D eigenvalue weighted by atomic mass is 10.2. The summed E-state index contributed by atoms with van der Waals surface area (Å²) in [6, 6.07) is 11.6. The van der Waals surface area contributed by atoms with Gasteiger partial charge in [-0.2, -0.15) is 0 Å². The first-order valence-corrected chi connectivity index (χ1v) is 7.20. The molecule has 108 valence electrons. The normalized spacial score (nSPS) is 11.0. The molecule has 2 aromatic carbocycles. The number of aromatic amines is 1. The van der Waals surface area contributed by atoms with Crippen molar-refractivity contribution in [3.63, 3.8) is 0 Å². The maximum absolute atomic E-state index is 11.2. The van der Waals surface area contributed by atoms with Gasteiger partial charge in [-0.3, -0.25) is 4.98 Å². The molecule has 0 saturated heterocycles. The van der Waals surface area contributed by atoms with Crippen molar-refractivity contribution in [2.24, 2.45) is 0 Å². The van der Waals surface area contributed by atoms with Crippen molar-refractivity contribution in [3.8, 4) is 0 Å². The van der Waals surface area contributed by atoms with E-state index in [1.807, 2.05) is 30.1 Å². The number of rotatable bonds is 3. The summed E-state index contributed by atoms with van der Waals surface area (Å²) in [6.45, 7) is 0.706. The van der Waals surface area contributed by atoms with Crippen LogP contribution in [-0.2, 0) is 6.54 Å². The Hall–Kier alpha value is -2.21. The molecule has 3 aromatic rings. The number of anilines is 2. The Morgan fingerprint density at radius 3 is 2.90 bits per heavy atom. The lowest BCUT2D eigenvalue weighted by molar-refractivity contribution is 0.555. The lowest BCUT2D eigenvalue weighted by Crippen LogP contribution is -2.17. The fourth-order valence-electron chi connectivity index (χ4n) is 2.33. The number of oxazole rings is 1. The van der Waals surface area contributed by atoms with Gasteiger partial charge in [0.05, 0.1) is 16.9 Å². The van der Waals surface area contributed by atoms with Crippen LogP contribution in [0.25, 0.3) is 11.1 Å². The number of nitrogens with zero attached hydrogens (tertiary/aromatic N) is 1. The Morgan fingerprint density at radius 1 is 1.33 bits per heavy atom. The van der Waals surface area contributed by atoms with Crippen molar-refractivity contribution >= 4 is 38.4 Å². The Balaban J connectivity index is 1.95. The van der Waals surface area contributed by atoms with Gasteiger partial charge in [-0.15, -0.1) is 0 Å². The minimum atomic E-state index is -0.476. The fourth-order valence-corrected chi connectivity index (χ4v) is 2.77. The largest absolute Gasteiger partial charge is 0.417 e. The van der Waals surface area contributed by atoms with Gasteiger partial charge in [-0.1, -0.05) is 28.1 Å². The number of benzene rings is 2. The van der Waals surface area contributed by atoms with E-state index < -0.39 is 5.76 Å². The lowest BCUT2D eigenvalue weighted by Gasteiger charge is -2.21. The van der Waals surface area contributed by atoms with E-state index in [4.69, 9.17) is 10.2 Å². The molecular formula is C15H14BrN3O2. The Kier molecular flexibility index (Phi) is 3.47. The number of fused-ring (bicyclic) bond motifs is 1. The van der Waals surface area contributed by atoms with Crippen molar-refractivity contribution in [3.05, 3.63) is 57.0 Å². The predicted molar refractivity (Wildman–Crippen MR) is 87.5 cm³/mol. The van der Waals surface area contributed by atoms with E-state index in [0.717, 1.165) is 15.7 Å². The smallest absolute Gasteiger partial charge is 0.408 e. The highest BCUT2D eigenvalue weighted by molar-refractivity contribution is 9.10. The molecule has 1 heterocycles. The molecule has 0 radical (unpaired) electrons. The number of hydrogen-bond acceptors (Lipinski definition) is 4. The van der Waals surface area contributed by atoms with Crippen molar-refractivity contribution in [1.82, 2.24) is 4.98 Å². The van der Waals surface area contributed by atoms with Crippen LogP contribution in [0.2, 0.25) is 0 Å². The molecule has 0 atom stereocenters. The topological polar surface area (TPSA) is 75.3 Å². The molecular weight excluding hydrogens is 334 g/mol. The highest BCUT2D eigenvalue weighted by atomic mass is 79.9. The van der Waals surface area contributed by atoms with Gasteiger partial charge >= 0.3 is 5.76 Å². The Labute approximate surface area is 129 Å². The number of nitrogen functional groups attached to an aromatic ring is 1. The van der Waals surface area contributed by atoms with E-state index in [0.29, 0.717) is 23.3 Å². The predicted octanol–water partition coefficient (Wildman–Crippen LogP) is 3.10. The van der Waals surface area contributed by atoms with E-state index >= 15 is 0 Å². The van der Waals surface area contributed by atoms with Crippen molar-refractivity contribution in [2.45, 2.75) is 6.54 Å². The summed E-state index contributed by atoms with van der Waals surface area (Å²) in [4.78, 5) is 15.9. The molecule has 0 bridgehead atoms. The maximum atomic E-state index is 11.2. The van der Waals surface area contributed by atoms with E-state index in [9.17, 15) is 4.79 Å². The summed E-state index contributed by atoms with van der Waals surface area (Å²) >= 11 is 3.46. The van der Waals surface area contributed by atoms with Gasteiger partial charge in [0.1, 0.15) is 0 Å². The molecule has 0 saturated carbocycles. The summed E-state index contributed by atoms with van der Waals surface area (Å²) in [5.41, 5.74) is 9.74. The molecule has 1 aromatic heterocycles. The molecule has 0 aliphatic rings. The third kappa shape index (κ3) is 2.80. The van der Waals surface area contributed by atoms with Crippen LogP contribution in [0.5, 0.6) is 0 Å². The molecule has 3 N–H and O–H groups in total. The average Bonchev–Trinajstić information content (AvgIpc) is 2.76. The molecule has 0 unspecified atom stereocenters. The third-order valence-corrected chi connectivity index (χ3v) is 3.78. The highest BCUT2D eigenvalue weighted by Gasteiger charge is 2.11. The minimum absolute atomic E-state index is 0.470. The van der Waals surface area contributed by atoms with Crippen LogP contribution in [0.4, 0.5) is 11.4 Å². The van der Waals surface area contributed by atoms with Gasteiger partial charge in [-0.25, -0.2) is 4.79 Å². The first-order chi connectivity index (χ1) is 10.0. The standard InChI is InChI=1S/C15H14BrN3O2/c1-19(8-9-3-2-4-10(16)5-9)13-7-12-14(6-11(13)17)21-15(20)18-12/h2-7H,8,17H2,1H3,(H,18,20). The number of halogens is 1. The Morgan fingerprint density at radius 2 is 2.14 bits per heavy atom. The number of H-pyrrole nitrogens is 1. The van der Waals surface area contributed by atoms with Gasteiger partial charge in [0.2, 0.25) is 0 Å². The summed E-state index contributed by atoms with van der Waals surface area (Å²) in [5, 5.41) is 0. The van der Waals surface area contributed by atoms with E-state index in [1.54, 1.807) is 6.07 Å². The summed E-state index contributed by atoms with van der Waals surface area (Å²) in [6.07, 6.45) is 0. The van der Waals surface area contributed by atoms with Gasteiger partial charge < -0.3 is 15.1 Å². The zero-order valence-electron chi connectivity index (χ0n) is 11.4. The molecule has 0 amide bonds. The van der Waals surface area contributed by atoms with E-state index in [1.165, 1.54) is 0 Å². The Bertz CT molecular complexity index is 853. The third-order valence-electron chi connectivity index (χ3n) is 3.29. The molecule has 0 fully saturated rings. The van der Waals surface area contributed by atoms with Crippen LogP contribution >= 0.6 is 15.9 Å². The van der Waals surface area contributed by atoms with Crippen LogP contribution in [-0.4, -0.2) is 12.0 Å². The molecule has 6 heteroatoms. The highest BCUT2D eigenvalue weighted by Crippen LogP contribution is 2.28. The second-order valence-corrected chi connectivity index (χ2v) is 5.82. The van der Waals surface area contributed by atoms with Crippen LogP contribution in [0.1, 0.15) is 5.56 Å². The van der Waals surface area contributed by atoms with Crippen LogP contribution in [0, 0.1) is 0 Å². The van der Waals surface area contributed by atoms with Crippen molar-refractivity contribution in [2.75, 3.05) is 17.7 Å². The fraction of sp³-hybridized carbons (Fsp3) is 0.133. The SMILES string of the molecule is CN(Cc1cccc(Br)c1)c1cc2[nH]c(=O)oc2cc1N. The van der Waals surface area contributed by atoms with Gasteiger partial charge in [0.15, 0.2) is 5.58 Å². The van der Waals surface area contributed by atoms with Crippen molar-refractivity contribution in [1.29, 1.82) is 0 Å². The minimum Gasteiger partial charge on any atom is -0.408 e. The quantitative estimate of drug-likeness (QED) is 0.714. The molecule has 0 spiro atoms. The molecule has 0 aliphatic carbocycles. The van der Waals surface area contributed by atoms with Gasteiger partial charge in [0.25, 0.3) is 0 Å². The first-order valence-electron chi connectivity index (χ1n) is 6.41. The second kappa shape index (κ2) is 5.29. The monoisotopic (exact) mass is 347 g/mol. The summed E-state index contributed by atoms with van der Waals surface area (Å²) in [5.74, 6) is -0.476. The summed E-state index contributed by atoms with van der Waals surface area (Å²) < 4.78 is 6.04. The summed E-state index contributed by atoms with van der Waals surface area (Å²) in [7, 11) is 1.95. The zero-order valence-corrected chi connectivity index (χ0v) is 13.0. The number of nitrogens with one attached hydrogen (secondary N) is 1. The van der Waals surface area contributed by atoms with E-state index in [-0.39, 0.29) is 0 Å². The zero-order chi connectivity index (χ0) is 15.0. The van der Waals surface area contributed by atoms with Crippen LogP contribution < -0.4 is 16.4 Å². The maximum Gasteiger partial charge on any atom is 0.417 e. The average molecular weight is 348 g/mol.